The van der Waals surface area contributed by atoms with Crippen LogP contribution in [0.15, 0.2) is 24.3 Å². The van der Waals surface area contributed by atoms with E-state index in [0.29, 0.717) is 19.4 Å². The van der Waals surface area contributed by atoms with Gasteiger partial charge in [0.1, 0.15) is 0 Å². The van der Waals surface area contributed by atoms with E-state index in [4.69, 9.17) is 4.74 Å². The van der Waals surface area contributed by atoms with Gasteiger partial charge in [0.2, 0.25) is 5.91 Å². The number of hydrogen-bond donors (Lipinski definition) is 3. The van der Waals surface area contributed by atoms with Crippen molar-refractivity contribution in [3.05, 3.63) is 24.3 Å². The van der Waals surface area contributed by atoms with Gasteiger partial charge in [-0.05, 0) is 57.8 Å². The van der Waals surface area contributed by atoms with Crippen LogP contribution in [-0.4, -0.2) is 47.4 Å². The Bertz CT molecular complexity index is 843. The van der Waals surface area contributed by atoms with Crippen molar-refractivity contribution in [1.82, 2.24) is 5.32 Å². The Hall–Kier alpha value is -1.66. The van der Waals surface area contributed by atoms with E-state index in [1.807, 2.05) is 6.08 Å². The van der Waals surface area contributed by atoms with E-state index in [1.54, 1.807) is 6.08 Å². The van der Waals surface area contributed by atoms with Crippen molar-refractivity contribution in [3.8, 4) is 0 Å². The molecule has 0 aliphatic rings. The summed E-state index contributed by atoms with van der Waals surface area (Å²) in [5.74, 6) is -0.107. The minimum atomic E-state index is -0.852. The molecule has 0 bridgehead atoms. The lowest BCUT2D eigenvalue weighted by molar-refractivity contribution is -0.143. The van der Waals surface area contributed by atoms with E-state index >= 15 is 0 Å². The molecule has 0 aromatic rings. The molecule has 1 amide bonds. The van der Waals surface area contributed by atoms with Crippen molar-refractivity contribution < 1.29 is 24.5 Å². The smallest absolute Gasteiger partial charge is 0.305 e. The van der Waals surface area contributed by atoms with Crippen LogP contribution in [0.1, 0.15) is 245 Å². The SMILES string of the molecule is CCCCCCCCC/C=C\CCCCCCCC(=O)OCCCCCCCCCCCCCCC(=O)NC(CO)C(O)/C=C/CCCCCCCCC. The summed E-state index contributed by atoms with van der Waals surface area (Å²) in [6.07, 6.45) is 50.3. The van der Waals surface area contributed by atoms with E-state index in [2.05, 4.69) is 31.3 Å². The number of aliphatic hydroxyl groups is 2. The van der Waals surface area contributed by atoms with Gasteiger partial charge in [0.15, 0.2) is 0 Å². The quantitative estimate of drug-likeness (QED) is 0.0327. The molecule has 0 fully saturated rings. The van der Waals surface area contributed by atoms with Crippen LogP contribution >= 0.6 is 0 Å². The zero-order chi connectivity index (χ0) is 39.4. The normalized spacial score (nSPS) is 12.9. The van der Waals surface area contributed by atoms with E-state index in [9.17, 15) is 19.8 Å². The Balaban J connectivity index is 3.46. The van der Waals surface area contributed by atoms with Gasteiger partial charge in [0.05, 0.1) is 25.4 Å². The lowest BCUT2D eigenvalue weighted by Crippen LogP contribution is -2.45. The maximum Gasteiger partial charge on any atom is 0.305 e. The highest BCUT2D eigenvalue weighted by atomic mass is 16.5. The number of rotatable bonds is 43. The summed E-state index contributed by atoms with van der Waals surface area (Å²) in [7, 11) is 0. The number of aliphatic hydroxyl groups excluding tert-OH is 2. The van der Waals surface area contributed by atoms with Gasteiger partial charge < -0.3 is 20.3 Å². The zero-order valence-electron chi connectivity index (χ0n) is 36.0. The van der Waals surface area contributed by atoms with E-state index in [-0.39, 0.29) is 18.5 Å². The molecule has 318 valence electrons. The number of amides is 1. The van der Waals surface area contributed by atoms with Crippen molar-refractivity contribution in [1.29, 1.82) is 0 Å². The van der Waals surface area contributed by atoms with Crippen LogP contribution in [0, 0.1) is 0 Å². The van der Waals surface area contributed by atoms with Gasteiger partial charge in [-0.2, -0.15) is 0 Å². The highest BCUT2D eigenvalue weighted by molar-refractivity contribution is 5.76. The van der Waals surface area contributed by atoms with Crippen molar-refractivity contribution >= 4 is 11.9 Å². The summed E-state index contributed by atoms with van der Waals surface area (Å²) in [6.45, 7) is 4.82. The van der Waals surface area contributed by atoms with Crippen LogP contribution in [0.2, 0.25) is 0 Å². The Labute approximate surface area is 335 Å². The minimum Gasteiger partial charge on any atom is -0.466 e. The van der Waals surface area contributed by atoms with Crippen LogP contribution < -0.4 is 5.32 Å². The lowest BCUT2D eigenvalue weighted by atomic mass is 10.0. The molecule has 0 aliphatic carbocycles. The van der Waals surface area contributed by atoms with Crippen LogP contribution in [0.4, 0.5) is 0 Å². The Morgan fingerprint density at radius 3 is 1.31 bits per heavy atom. The fourth-order valence-electron chi connectivity index (χ4n) is 7.04. The molecule has 2 atom stereocenters. The van der Waals surface area contributed by atoms with Crippen LogP contribution in [-0.2, 0) is 14.3 Å². The molecular weight excluding hydrogens is 671 g/mol. The maximum absolute atomic E-state index is 12.3. The van der Waals surface area contributed by atoms with Crippen LogP contribution in [0.5, 0.6) is 0 Å². The molecule has 0 heterocycles. The Kier molecular flexibility index (Phi) is 42.7. The van der Waals surface area contributed by atoms with E-state index in [1.165, 1.54) is 161 Å². The molecule has 6 nitrogen and oxygen atoms in total. The number of esters is 1. The first-order chi connectivity index (χ1) is 26.5. The molecule has 0 aromatic heterocycles. The molecule has 0 rings (SSSR count). The number of carbonyl (C=O) groups excluding carboxylic acids is 2. The van der Waals surface area contributed by atoms with Gasteiger partial charge in [-0.25, -0.2) is 0 Å². The maximum atomic E-state index is 12.3. The highest BCUT2D eigenvalue weighted by Gasteiger charge is 2.18. The summed E-state index contributed by atoms with van der Waals surface area (Å²) in [5.41, 5.74) is 0. The molecule has 0 radical (unpaired) electrons. The largest absolute Gasteiger partial charge is 0.466 e. The molecular formula is C48H91NO5. The molecule has 6 heteroatoms. The molecule has 0 aliphatic heterocycles. The zero-order valence-corrected chi connectivity index (χ0v) is 36.0. The molecule has 0 saturated heterocycles. The first kappa shape index (κ1) is 52.3. The van der Waals surface area contributed by atoms with Crippen molar-refractivity contribution in [2.75, 3.05) is 13.2 Å². The molecule has 54 heavy (non-hydrogen) atoms. The molecule has 3 N–H and O–H groups in total. The van der Waals surface area contributed by atoms with Gasteiger partial charge in [-0.1, -0.05) is 199 Å². The third kappa shape index (κ3) is 40.0. The number of allylic oxidation sites excluding steroid dienone is 3. The lowest BCUT2D eigenvalue weighted by Gasteiger charge is -2.20. The Morgan fingerprint density at radius 1 is 0.500 bits per heavy atom. The number of nitrogens with one attached hydrogen (secondary N) is 1. The van der Waals surface area contributed by atoms with Crippen molar-refractivity contribution in [2.45, 2.75) is 257 Å². The summed E-state index contributed by atoms with van der Waals surface area (Å²) in [5, 5.41) is 22.9. The molecule has 2 unspecified atom stereocenters. The van der Waals surface area contributed by atoms with Crippen molar-refractivity contribution in [2.24, 2.45) is 0 Å². The van der Waals surface area contributed by atoms with Crippen LogP contribution in [0.3, 0.4) is 0 Å². The average Bonchev–Trinajstić information content (AvgIpc) is 3.17. The standard InChI is InChI=1S/C48H91NO5/c1-3-5-7-9-11-13-14-15-16-17-18-22-26-30-34-38-42-48(53)54-43-39-35-31-27-23-20-19-21-25-29-33-37-41-47(52)49-45(44-50)46(51)40-36-32-28-24-12-10-8-6-4-2/h16-17,36,40,45-46,50-51H,3-15,18-35,37-39,41-44H2,1-2H3,(H,49,52)/b17-16-,40-36+. The van der Waals surface area contributed by atoms with E-state index < -0.39 is 12.1 Å². The predicted molar refractivity (Wildman–Crippen MR) is 232 cm³/mol. The second kappa shape index (κ2) is 44.1. The van der Waals surface area contributed by atoms with Crippen LogP contribution in [0.25, 0.3) is 0 Å². The number of ether oxygens (including phenoxy) is 1. The summed E-state index contributed by atoms with van der Waals surface area (Å²) < 4.78 is 5.45. The van der Waals surface area contributed by atoms with Gasteiger partial charge in [-0.15, -0.1) is 0 Å². The minimum absolute atomic E-state index is 0.0193. The number of unbranched alkanes of at least 4 members (excludes halogenated alkanes) is 30. The first-order valence-electron chi connectivity index (χ1n) is 23.6. The fraction of sp³-hybridized carbons (Fsp3) is 0.875. The van der Waals surface area contributed by atoms with Gasteiger partial charge in [0.25, 0.3) is 0 Å². The number of carbonyl (C=O) groups is 2. The highest BCUT2D eigenvalue weighted by Crippen LogP contribution is 2.15. The molecule has 0 spiro atoms. The van der Waals surface area contributed by atoms with Gasteiger partial charge >= 0.3 is 5.97 Å². The first-order valence-corrected chi connectivity index (χ1v) is 23.6. The summed E-state index contributed by atoms with van der Waals surface area (Å²) >= 11 is 0. The van der Waals surface area contributed by atoms with Gasteiger partial charge in [0, 0.05) is 12.8 Å². The Morgan fingerprint density at radius 2 is 0.870 bits per heavy atom. The molecule has 0 saturated carbocycles. The van der Waals surface area contributed by atoms with Crippen molar-refractivity contribution in [3.63, 3.8) is 0 Å². The topological polar surface area (TPSA) is 95.9 Å². The number of hydrogen-bond acceptors (Lipinski definition) is 5. The second-order valence-corrected chi connectivity index (χ2v) is 16.1. The van der Waals surface area contributed by atoms with E-state index in [0.717, 1.165) is 57.8 Å². The third-order valence-electron chi connectivity index (χ3n) is 10.7. The average molecular weight is 762 g/mol. The second-order valence-electron chi connectivity index (χ2n) is 16.1. The fourth-order valence-corrected chi connectivity index (χ4v) is 7.04. The summed E-state index contributed by atoms with van der Waals surface area (Å²) in [6, 6.07) is -0.637. The van der Waals surface area contributed by atoms with Gasteiger partial charge in [-0.3, -0.25) is 9.59 Å². The summed E-state index contributed by atoms with van der Waals surface area (Å²) in [4.78, 5) is 24.4. The predicted octanol–water partition coefficient (Wildman–Crippen LogP) is 13.6. The third-order valence-corrected chi connectivity index (χ3v) is 10.7. The monoisotopic (exact) mass is 762 g/mol. The molecule has 0 aromatic carbocycles.